The monoisotopic (exact) mass is 348 g/mol. The lowest BCUT2D eigenvalue weighted by Gasteiger charge is -2.15. The summed E-state index contributed by atoms with van der Waals surface area (Å²) in [5.74, 6) is 6.79. The van der Waals surface area contributed by atoms with Crippen LogP contribution in [0.5, 0.6) is 0 Å². The molecule has 0 saturated carbocycles. The van der Waals surface area contributed by atoms with Crippen molar-refractivity contribution < 1.29 is 10.2 Å². The molecule has 0 aliphatic carbocycles. The Hall–Kier alpha value is -1.61. The maximum Gasteiger partial charge on any atom is 0.138 e. The Kier molecular flexibility index (Phi) is 5.57. The number of aliphatic hydroxyl groups is 2. The van der Waals surface area contributed by atoms with Crippen molar-refractivity contribution >= 4 is 15.9 Å². The molecule has 4 nitrogen and oxygen atoms in total. The Labute approximate surface area is 132 Å². The number of benzene rings is 1. The molecule has 1 aromatic carbocycles. The van der Waals surface area contributed by atoms with Gasteiger partial charge in [0.2, 0.25) is 0 Å². The highest BCUT2D eigenvalue weighted by Crippen LogP contribution is 2.18. The van der Waals surface area contributed by atoms with Crippen LogP contribution < -0.4 is 0 Å². The zero-order valence-corrected chi connectivity index (χ0v) is 13.3. The molecule has 0 fully saturated rings. The van der Waals surface area contributed by atoms with Crippen molar-refractivity contribution in [3.8, 4) is 11.8 Å². The van der Waals surface area contributed by atoms with E-state index in [2.05, 4.69) is 32.8 Å². The van der Waals surface area contributed by atoms with Gasteiger partial charge in [0.05, 0.1) is 6.04 Å². The van der Waals surface area contributed by atoms with Crippen LogP contribution in [0.15, 0.2) is 41.1 Å². The first-order chi connectivity index (χ1) is 10.1. The second-order valence-electron chi connectivity index (χ2n) is 4.67. The Morgan fingerprint density at radius 2 is 2.05 bits per heavy atom. The third-order valence-electron chi connectivity index (χ3n) is 3.04. The highest BCUT2D eigenvalue weighted by molar-refractivity contribution is 9.10. The van der Waals surface area contributed by atoms with Crippen molar-refractivity contribution in [2.45, 2.75) is 25.5 Å². The number of hydrogen-bond donors (Lipinski definition) is 2. The summed E-state index contributed by atoms with van der Waals surface area (Å²) in [6.45, 7) is 1.69. The molecule has 21 heavy (non-hydrogen) atoms. The maximum atomic E-state index is 9.73. The van der Waals surface area contributed by atoms with Crippen molar-refractivity contribution in [1.82, 2.24) is 9.55 Å². The van der Waals surface area contributed by atoms with Crippen LogP contribution in [-0.4, -0.2) is 26.4 Å². The molecular formula is C16H17BrN2O2. The normalized spacial score (nSPS) is 13.3. The lowest BCUT2D eigenvalue weighted by Crippen LogP contribution is -2.13. The summed E-state index contributed by atoms with van der Waals surface area (Å²) in [6.07, 6.45) is 3.22. The van der Waals surface area contributed by atoms with Crippen LogP contribution >= 0.6 is 15.9 Å². The largest absolute Gasteiger partial charge is 0.396 e. The molecule has 1 heterocycles. The van der Waals surface area contributed by atoms with E-state index >= 15 is 0 Å². The van der Waals surface area contributed by atoms with Crippen LogP contribution in [-0.2, 0) is 0 Å². The Morgan fingerprint density at radius 3 is 2.67 bits per heavy atom. The number of hydrogen-bond acceptors (Lipinski definition) is 3. The summed E-state index contributed by atoms with van der Waals surface area (Å²) >= 11 is 3.39. The number of aromatic nitrogens is 2. The summed E-state index contributed by atoms with van der Waals surface area (Å²) in [7, 11) is 0. The van der Waals surface area contributed by atoms with Crippen molar-refractivity contribution in [2.24, 2.45) is 0 Å². The topological polar surface area (TPSA) is 58.3 Å². The molecule has 2 aromatic rings. The van der Waals surface area contributed by atoms with Gasteiger partial charge >= 0.3 is 0 Å². The number of halogens is 1. The highest BCUT2D eigenvalue weighted by Gasteiger charge is 2.15. The number of aliphatic hydroxyl groups excluding tert-OH is 2. The molecule has 0 bridgehead atoms. The second-order valence-corrected chi connectivity index (χ2v) is 5.59. The number of imidazole rings is 1. The van der Waals surface area contributed by atoms with E-state index in [4.69, 9.17) is 0 Å². The Morgan fingerprint density at radius 1 is 1.33 bits per heavy atom. The molecule has 0 spiro atoms. The zero-order chi connectivity index (χ0) is 15.2. The van der Waals surface area contributed by atoms with Gasteiger partial charge in [-0.15, -0.1) is 0 Å². The molecule has 0 aliphatic rings. The molecule has 2 rings (SSSR count). The molecule has 0 unspecified atom stereocenters. The van der Waals surface area contributed by atoms with Crippen molar-refractivity contribution in [2.75, 3.05) is 6.61 Å². The quantitative estimate of drug-likeness (QED) is 0.835. The van der Waals surface area contributed by atoms with E-state index in [0.717, 1.165) is 10.0 Å². The van der Waals surface area contributed by atoms with Gasteiger partial charge in [-0.25, -0.2) is 4.98 Å². The summed E-state index contributed by atoms with van der Waals surface area (Å²) in [4.78, 5) is 4.14. The second kappa shape index (κ2) is 7.41. The fraction of sp³-hybridized carbons (Fsp3) is 0.312. The van der Waals surface area contributed by atoms with Gasteiger partial charge in [0, 0.05) is 35.5 Å². The van der Waals surface area contributed by atoms with Crippen LogP contribution in [0.2, 0.25) is 0 Å². The van der Waals surface area contributed by atoms with Gasteiger partial charge in [-0.2, -0.15) is 0 Å². The molecule has 5 heteroatoms. The minimum atomic E-state index is -0.671. The molecular weight excluding hydrogens is 332 g/mol. The third kappa shape index (κ3) is 4.18. The van der Waals surface area contributed by atoms with E-state index in [1.54, 1.807) is 19.3 Å². The first-order valence-electron chi connectivity index (χ1n) is 6.70. The van der Waals surface area contributed by atoms with Gasteiger partial charge < -0.3 is 14.8 Å². The van der Waals surface area contributed by atoms with Crippen LogP contribution in [0.3, 0.4) is 0 Å². The summed E-state index contributed by atoms with van der Waals surface area (Å²) in [6, 6.07) is 7.51. The third-order valence-corrected chi connectivity index (χ3v) is 3.57. The van der Waals surface area contributed by atoms with E-state index in [-0.39, 0.29) is 12.6 Å². The van der Waals surface area contributed by atoms with Gasteiger partial charge in [-0.05, 0) is 31.2 Å². The Bertz CT molecular complexity index is 638. The van der Waals surface area contributed by atoms with E-state index in [1.807, 2.05) is 28.8 Å². The van der Waals surface area contributed by atoms with Crippen LogP contribution in [0.4, 0.5) is 0 Å². The smallest absolute Gasteiger partial charge is 0.138 e. The minimum Gasteiger partial charge on any atom is -0.396 e. The summed E-state index contributed by atoms with van der Waals surface area (Å²) in [5, 5.41) is 19.0. The van der Waals surface area contributed by atoms with Gasteiger partial charge in [-0.1, -0.05) is 27.8 Å². The van der Waals surface area contributed by atoms with Crippen LogP contribution in [0, 0.1) is 11.8 Å². The fourth-order valence-electron chi connectivity index (χ4n) is 2.01. The lowest BCUT2D eigenvalue weighted by molar-refractivity contribution is 0.180. The van der Waals surface area contributed by atoms with Crippen molar-refractivity contribution in [3.05, 3.63) is 52.5 Å². The molecule has 0 radical (unpaired) electrons. The molecule has 2 N–H and O–H groups in total. The SMILES string of the molecule is C[C@H](O)c1nccn1[C@@H](C#Cc1ccc(Br)cc1)CCO. The molecule has 0 amide bonds. The zero-order valence-electron chi connectivity index (χ0n) is 11.7. The molecule has 2 atom stereocenters. The first kappa shape index (κ1) is 15.8. The van der Waals surface area contributed by atoms with Crippen molar-refractivity contribution in [3.63, 3.8) is 0 Å². The number of rotatable bonds is 4. The van der Waals surface area contributed by atoms with E-state index < -0.39 is 6.10 Å². The average Bonchev–Trinajstić information content (AvgIpc) is 2.94. The molecule has 110 valence electrons. The molecule has 0 saturated heterocycles. The maximum absolute atomic E-state index is 9.73. The highest BCUT2D eigenvalue weighted by atomic mass is 79.9. The predicted octanol–water partition coefficient (Wildman–Crippen LogP) is 2.67. The van der Waals surface area contributed by atoms with E-state index in [9.17, 15) is 10.2 Å². The lowest BCUT2D eigenvalue weighted by atomic mass is 10.1. The van der Waals surface area contributed by atoms with Gasteiger partial charge in [0.1, 0.15) is 11.9 Å². The first-order valence-corrected chi connectivity index (χ1v) is 7.50. The standard InChI is InChI=1S/C16H17BrN2O2/c1-12(21)16-18-9-10-19(16)15(8-11-20)7-4-13-2-5-14(17)6-3-13/h2-3,5-6,9-10,12,15,20-21H,8,11H2,1H3/t12-,15-/m0/s1. The molecule has 1 aromatic heterocycles. The minimum absolute atomic E-state index is 0.0249. The van der Waals surface area contributed by atoms with Crippen LogP contribution in [0.25, 0.3) is 0 Å². The molecule has 0 aliphatic heterocycles. The van der Waals surface area contributed by atoms with Crippen molar-refractivity contribution in [1.29, 1.82) is 0 Å². The van der Waals surface area contributed by atoms with E-state index in [1.165, 1.54) is 0 Å². The van der Waals surface area contributed by atoms with Gasteiger partial charge in [0.15, 0.2) is 0 Å². The predicted molar refractivity (Wildman–Crippen MR) is 84.6 cm³/mol. The number of nitrogens with zero attached hydrogens (tertiary/aromatic N) is 2. The van der Waals surface area contributed by atoms with Crippen LogP contribution in [0.1, 0.15) is 36.9 Å². The Balaban J connectivity index is 2.27. The van der Waals surface area contributed by atoms with Gasteiger partial charge in [0.25, 0.3) is 0 Å². The summed E-state index contributed by atoms with van der Waals surface area (Å²) in [5.41, 5.74) is 0.903. The average molecular weight is 349 g/mol. The van der Waals surface area contributed by atoms with E-state index in [0.29, 0.717) is 12.2 Å². The fourth-order valence-corrected chi connectivity index (χ4v) is 2.28. The summed E-state index contributed by atoms with van der Waals surface area (Å²) < 4.78 is 2.82. The van der Waals surface area contributed by atoms with Gasteiger partial charge in [-0.3, -0.25) is 0 Å².